The Morgan fingerprint density at radius 3 is 2.42 bits per heavy atom. The number of pyridine rings is 1. The van der Waals surface area contributed by atoms with Crippen molar-refractivity contribution in [2.75, 3.05) is 19.8 Å². The summed E-state index contributed by atoms with van der Waals surface area (Å²) in [5, 5.41) is 0.742. The molecule has 0 N–H and O–H groups in total. The van der Waals surface area contributed by atoms with Crippen LogP contribution >= 0.6 is 22.9 Å². The summed E-state index contributed by atoms with van der Waals surface area (Å²) in [5.74, 6) is 1.05. The van der Waals surface area contributed by atoms with Gasteiger partial charge in [-0.3, -0.25) is 0 Å². The molecule has 5 nitrogen and oxygen atoms in total. The highest BCUT2D eigenvalue weighted by Gasteiger charge is 2.16. The van der Waals surface area contributed by atoms with Gasteiger partial charge < -0.3 is 14.2 Å². The predicted molar refractivity (Wildman–Crippen MR) is 123 cm³/mol. The molecule has 0 bridgehead atoms. The zero-order valence-electron chi connectivity index (χ0n) is 16.8. The van der Waals surface area contributed by atoms with Crippen molar-refractivity contribution in [3.05, 3.63) is 76.6 Å². The quantitative estimate of drug-likeness (QED) is 0.233. The molecule has 0 aliphatic heterocycles. The Kier molecular flexibility index (Phi) is 6.70. The number of benzene rings is 2. The van der Waals surface area contributed by atoms with Crippen molar-refractivity contribution in [3.8, 4) is 22.1 Å². The molecule has 0 radical (unpaired) electrons. The minimum Gasteiger partial charge on any atom is -0.494 e. The summed E-state index contributed by atoms with van der Waals surface area (Å²) in [6, 6.07) is 20.3. The van der Waals surface area contributed by atoms with Crippen molar-refractivity contribution in [1.29, 1.82) is 0 Å². The number of carbonyl (C=O) groups is 1. The Bertz CT molecular complexity index is 1190. The molecule has 158 valence electrons. The molecule has 4 aromatic rings. The molecule has 2 aromatic carbocycles. The fourth-order valence-electron chi connectivity index (χ4n) is 3.09. The van der Waals surface area contributed by atoms with Gasteiger partial charge in [0.2, 0.25) is 0 Å². The molecule has 7 heteroatoms. The largest absolute Gasteiger partial charge is 0.494 e. The molecule has 0 aliphatic rings. The Labute approximate surface area is 189 Å². The number of para-hydroxylation sites is 1. The zero-order chi connectivity index (χ0) is 21.6. The first-order valence-electron chi connectivity index (χ1n) is 9.82. The van der Waals surface area contributed by atoms with Gasteiger partial charge in [0.05, 0.1) is 32.6 Å². The maximum absolute atomic E-state index is 12.8. The van der Waals surface area contributed by atoms with Crippen LogP contribution in [0.2, 0.25) is 4.34 Å². The second-order valence-corrected chi connectivity index (χ2v) is 8.28. The first-order chi connectivity index (χ1) is 15.1. The van der Waals surface area contributed by atoms with Gasteiger partial charge in [0, 0.05) is 5.39 Å². The third-order valence-electron chi connectivity index (χ3n) is 4.48. The monoisotopic (exact) mass is 453 g/mol. The third kappa shape index (κ3) is 5.16. The maximum atomic E-state index is 12.8. The number of carbonyl (C=O) groups excluding carboxylic acids is 1. The maximum Gasteiger partial charge on any atom is 0.339 e. The highest BCUT2D eigenvalue weighted by molar-refractivity contribution is 7.19. The number of halogens is 1. The van der Waals surface area contributed by atoms with Crippen LogP contribution in [0.15, 0.2) is 66.7 Å². The topological polar surface area (TPSA) is 57.7 Å². The van der Waals surface area contributed by atoms with Crippen molar-refractivity contribution in [3.63, 3.8) is 0 Å². The molecule has 31 heavy (non-hydrogen) atoms. The molecule has 0 atom stereocenters. The number of hydrogen-bond donors (Lipinski definition) is 0. The number of aromatic nitrogens is 1. The van der Waals surface area contributed by atoms with E-state index in [1.165, 1.54) is 11.3 Å². The molecule has 2 aromatic heterocycles. The highest BCUT2D eigenvalue weighted by atomic mass is 35.5. The van der Waals surface area contributed by atoms with Gasteiger partial charge in [-0.25, -0.2) is 9.78 Å². The normalized spacial score (nSPS) is 10.8. The van der Waals surface area contributed by atoms with Gasteiger partial charge in [-0.1, -0.05) is 29.8 Å². The van der Waals surface area contributed by atoms with Crippen molar-refractivity contribution in [1.82, 2.24) is 4.98 Å². The average molecular weight is 454 g/mol. The number of fused-ring (bicyclic) bond motifs is 1. The lowest BCUT2D eigenvalue weighted by atomic mass is 10.1. The van der Waals surface area contributed by atoms with E-state index in [9.17, 15) is 4.79 Å². The second kappa shape index (κ2) is 9.81. The van der Waals surface area contributed by atoms with E-state index in [1.54, 1.807) is 6.07 Å². The number of thiophene rings is 1. The first kappa shape index (κ1) is 21.2. The van der Waals surface area contributed by atoms with Crippen LogP contribution in [0.3, 0.4) is 0 Å². The molecule has 0 amide bonds. The molecular weight excluding hydrogens is 434 g/mol. The van der Waals surface area contributed by atoms with E-state index >= 15 is 0 Å². The third-order valence-corrected chi connectivity index (χ3v) is 5.74. The molecule has 0 saturated heterocycles. The molecule has 0 unspecified atom stereocenters. The Balaban J connectivity index is 1.44. The van der Waals surface area contributed by atoms with Crippen LogP contribution in [0.25, 0.3) is 21.5 Å². The zero-order valence-corrected chi connectivity index (χ0v) is 18.4. The summed E-state index contributed by atoms with van der Waals surface area (Å²) in [4.78, 5) is 18.4. The fourth-order valence-corrected chi connectivity index (χ4v) is 4.10. The predicted octanol–water partition coefficient (Wildman–Crippen LogP) is 6.25. The van der Waals surface area contributed by atoms with E-state index in [0.29, 0.717) is 28.0 Å². The molecule has 0 fully saturated rings. The van der Waals surface area contributed by atoms with Crippen molar-refractivity contribution < 1.29 is 19.0 Å². The second-order valence-electron chi connectivity index (χ2n) is 6.56. The Morgan fingerprint density at radius 1 is 0.968 bits per heavy atom. The van der Waals surface area contributed by atoms with Gasteiger partial charge in [-0.05, 0) is 55.5 Å². The summed E-state index contributed by atoms with van der Waals surface area (Å²) >= 11 is 7.48. The number of rotatable bonds is 8. The van der Waals surface area contributed by atoms with E-state index in [0.717, 1.165) is 21.5 Å². The highest BCUT2D eigenvalue weighted by Crippen LogP contribution is 2.32. The molecular formula is C24H20ClNO4S. The molecule has 2 heterocycles. The van der Waals surface area contributed by atoms with Crippen LogP contribution in [0, 0.1) is 0 Å². The van der Waals surface area contributed by atoms with Gasteiger partial charge in [-0.15, -0.1) is 11.3 Å². The van der Waals surface area contributed by atoms with Gasteiger partial charge in [0.1, 0.15) is 24.7 Å². The number of ether oxygens (including phenoxy) is 3. The molecule has 0 saturated carbocycles. The van der Waals surface area contributed by atoms with E-state index in [4.69, 9.17) is 25.8 Å². The van der Waals surface area contributed by atoms with Crippen molar-refractivity contribution >= 4 is 39.8 Å². The van der Waals surface area contributed by atoms with E-state index in [1.807, 2.05) is 67.6 Å². The van der Waals surface area contributed by atoms with Gasteiger partial charge >= 0.3 is 5.97 Å². The number of hydrogen-bond acceptors (Lipinski definition) is 6. The summed E-state index contributed by atoms with van der Waals surface area (Å²) in [6.45, 7) is 2.92. The first-order valence-corrected chi connectivity index (χ1v) is 11.0. The lowest BCUT2D eigenvalue weighted by Crippen LogP contribution is -2.13. The summed E-state index contributed by atoms with van der Waals surface area (Å²) in [7, 11) is 0. The molecule has 0 spiro atoms. The Morgan fingerprint density at radius 2 is 1.71 bits per heavy atom. The number of esters is 1. The van der Waals surface area contributed by atoms with Crippen LogP contribution in [0.4, 0.5) is 0 Å². The smallest absolute Gasteiger partial charge is 0.339 e. The molecule has 0 aliphatic carbocycles. The standard InChI is InChI=1S/C24H20ClNO4S/c1-2-28-16-7-9-17(10-8-16)29-13-14-30-24(27)19-15-21(22-11-12-23(25)31-22)26-20-6-4-3-5-18(19)20/h3-12,15H,2,13-14H2,1H3. The van der Waals surface area contributed by atoms with Gasteiger partial charge in [0.25, 0.3) is 0 Å². The minimum atomic E-state index is -0.419. The summed E-state index contributed by atoms with van der Waals surface area (Å²) in [6.07, 6.45) is 0. The number of nitrogens with zero attached hydrogens (tertiary/aromatic N) is 1. The van der Waals surface area contributed by atoms with E-state index < -0.39 is 5.97 Å². The van der Waals surface area contributed by atoms with Crippen LogP contribution < -0.4 is 9.47 Å². The van der Waals surface area contributed by atoms with E-state index in [2.05, 4.69) is 4.98 Å². The Hall–Kier alpha value is -3.09. The van der Waals surface area contributed by atoms with E-state index in [-0.39, 0.29) is 13.2 Å². The molecule has 4 rings (SSSR count). The lowest BCUT2D eigenvalue weighted by molar-refractivity contribution is 0.0452. The van der Waals surface area contributed by atoms with Crippen molar-refractivity contribution in [2.24, 2.45) is 0 Å². The lowest BCUT2D eigenvalue weighted by Gasteiger charge is -2.10. The van der Waals surface area contributed by atoms with Crippen LogP contribution in [0.1, 0.15) is 17.3 Å². The van der Waals surface area contributed by atoms with Crippen LogP contribution in [-0.2, 0) is 4.74 Å². The summed E-state index contributed by atoms with van der Waals surface area (Å²) in [5.41, 5.74) is 1.88. The SMILES string of the molecule is CCOc1ccc(OCCOC(=O)c2cc(-c3ccc(Cl)s3)nc3ccccc23)cc1. The fraction of sp³-hybridized carbons (Fsp3) is 0.167. The average Bonchev–Trinajstić information content (AvgIpc) is 3.23. The van der Waals surface area contributed by atoms with Crippen LogP contribution in [-0.4, -0.2) is 30.8 Å². The van der Waals surface area contributed by atoms with Crippen molar-refractivity contribution in [2.45, 2.75) is 6.92 Å². The van der Waals surface area contributed by atoms with Crippen LogP contribution in [0.5, 0.6) is 11.5 Å². The minimum absolute atomic E-state index is 0.128. The van der Waals surface area contributed by atoms with Gasteiger partial charge in [-0.2, -0.15) is 0 Å². The van der Waals surface area contributed by atoms with Gasteiger partial charge in [0.15, 0.2) is 0 Å². The summed E-state index contributed by atoms with van der Waals surface area (Å²) < 4.78 is 17.2.